The molecule has 1 aromatic rings. The van der Waals surface area contributed by atoms with E-state index < -0.39 is 11.2 Å². The number of hydrogen-bond acceptors (Lipinski definition) is 3. The van der Waals surface area contributed by atoms with E-state index in [1.54, 1.807) is 33.7 Å². The molecule has 4 heteroatoms. The normalized spacial score (nSPS) is 12.6. The fourth-order valence-corrected chi connectivity index (χ4v) is 1.00. The molecule has 0 unspecified atom stereocenters. The molecule has 1 aromatic heterocycles. The second kappa shape index (κ2) is 4.56. The highest BCUT2D eigenvalue weighted by Gasteiger charge is 2.35. The van der Waals surface area contributed by atoms with Crippen molar-refractivity contribution in [3.63, 3.8) is 0 Å². The molecule has 0 amide bonds. The molecule has 0 aliphatic rings. The molecule has 1 rings (SSSR count). The van der Waals surface area contributed by atoms with Crippen LogP contribution >= 0.6 is 0 Å². The van der Waals surface area contributed by atoms with Crippen LogP contribution in [0.3, 0.4) is 0 Å². The first-order chi connectivity index (χ1) is 7.22. The molecule has 0 aromatic carbocycles. The minimum Gasteiger partial charge on any atom is -0.427 e. The van der Waals surface area contributed by atoms with Crippen molar-refractivity contribution >= 4 is 12.9 Å². The third kappa shape index (κ3) is 3.32. The van der Waals surface area contributed by atoms with Gasteiger partial charge in [-0.3, -0.25) is 4.98 Å². The van der Waals surface area contributed by atoms with Gasteiger partial charge in [0, 0.05) is 12.4 Å². The van der Waals surface area contributed by atoms with E-state index in [9.17, 15) is 5.11 Å². The SMILES string of the molecule is Cc1cncc([B]OC(C)(C)C(C)(C)O)c1. The molecule has 0 saturated carbocycles. The smallest absolute Gasteiger partial charge is 0.332 e. The molecule has 0 aliphatic heterocycles. The van der Waals surface area contributed by atoms with Gasteiger partial charge in [-0.1, -0.05) is 6.07 Å². The maximum atomic E-state index is 9.92. The number of aryl methyl sites for hydroxylation is 1. The lowest BCUT2D eigenvalue weighted by molar-refractivity contribution is -0.0893. The van der Waals surface area contributed by atoms with Gasteiger partial charge in [-0.25, -0.2) is 0 Å². The van der Waals surface area contributed by atoms with E-state index >= 15 is 0 Å². The summed E-state index contributed by atoms with van der Waals surface area (Å²) in [5.74, 6) is 0. The van der Waals surface area contributed by atoms with Crippen molar-refractivity contribution in [1.82, 2.24) is 4.98 Å². The number of aliphatic hydroxyl groups is 1. The molecular weight excluding hydrogens is 201 g/mol. The van der Waals surface area contributed by atoms with E-state index in [0.29, 0.717) is 0 Å². The molecule has 1 N–H and O–H groups in total. The molecule has 16 heavy (non-hydrogen) atoms. The van der Waals surface area contributed by atoms with Gasteiger partial charge in [0.2, 0.25) is 0 Å². The van der Waals surface area contributed by atoms with E-state index in [2.05, 4.69) is 4.98 Å². The van der Waals surface area contributed by atoms with E-state index in [1.807, 2.05) is 26.8 Å². The second-order valence-corrected chi connectivity index (χ2v) is 5.10. The Balaban J connectivity index is 2.65. The highest BCUT2D eigenvalue weighted by molar-refractivity contribution is 6.46. The molecular formula is C12H19BNO2. The summed E-state index contributed by atoms with van der Waals surface area (Å²) in [7, 11) is 1.64. The molecule has 0 atom stereocenters. The van der Waals surface area contributed by atoms with Gasteiger partial charge in [0.05, 0.1) is 11.2 Å². The summed E-state index contributed by atoms with van der Waals surface area (Å²) in [5.41, 5.74) is 0.438. The quantitative estimate of drug-likeness (QED) is 0.775. The van der Waals surface area contributed by atoms with Crippen molar-refractivity contribution in [3.8, 4) is 0 Å². The number of pyridine rings is 1. The molecule has 0 saturated heterocycles. The number of rotatable bonds is 4. The van der Waals surface area contributed by atoms with Crippen LogP contribution in [0.4, 0.5) is 0 Å². The first kappa shape index (κ1) is 13.2. The zero-order valence-electron chi connectivity index (χ0n) is 10.6. The number of aromatic nitrogens is 1. The fourth-order valence-electron chi connectivity index (χ4n) is 1.00. The Morgan fingerprint density at radius 1 is 1.25 bits per heavy atom. The predicted octanol–water partition coefficient (Wildman–Crippen LogP) is 1.20. The maximum Gasteiger partial charge on any atom is 0.332 e. The molecule has 1 heterocycles. The van der Waals surface area contributed by atoms with Crippen molar-refractivity contribution in [2.45, 2.75) is 45.8 Å². The lowest BCUT2D eigenvalue weighted by Gasteiger charge is -2.37. The maximum absolute atomic E-state index is 9.92. The molecule has 0 spiro atoms. The lowest BCUT2D eigenvalue weighted by atomic mass is 9.83. The van der Waals surface area contributed by atoms with Gasteiger partial charge in [0.1, 0.15) is 0 Å². The molecule has 87 valence electrons. The number of nitrogens with zero attached hydrogens (tertiary/aromatic N) is 1. The van der Waals surface area contributed by atoms with Crippen LogP contribution in [0.25, 0.3) is 0 Å². The molecule has 0 aliphatic carbocycles. The van der Waals surface area contributed by atoms with Crippen LogP contribution in [0, 0.1) is 6.92 Å². The second-order valence-electron chi connectivity index (χ2n) is 5.10. The summed E-state index contributed by atoms with van der Waals surface area (Å²) < 4.78 is 5.62. The zero-order chi connectivity index (χ0) is 12.4. The van der Waals surface area contributed by atoms with Crippen molar-refractivity contribution in [1.29, 1.82) is 0 Å². The Morgan fingerprint density at radius 2 is 1.88 bits per heavy atom. The minimum atomic E-state index is -0.902. The predicted molar refractivity (Wildman–Crippen MR) is 65.8 cm³/mol. The third-order valence-electron chi connectivity index (χ3n) is 2.86. The Kier molecular flexibility index (Phi) is 3.76. The van der Waals surface area contributed by atoms with E-state index in [-0.39, 0.29) is 0 Å². The first-order valence-electron chi connectivity index (χ1n) is 5.37. The molecule has 0 bridgehead atoms. The Morgan fingerprint density at radius 3 is 2.38 bits per heavy atom. The van der Waals surface area contributed by atoms with E-state index in [1.165, 1.54) is 0 Å². The average Bonchev–Trinajstić information content (AvgIpc) is 2.13. The van der Waals surface area contributed by atoms with Gasteiger partial charge in [0.15, 0.2) is 0 Å². The van der Waals surface area contributed by atoms with Crippen molar-refractivity contribution < 1.29 is 9.76 Å². The van der Waals surface area contributed by atoms with Gasteiger partial charge in [-0.05, 0) is 45.6 Å². The number of hydrogen-bond donors (Lipinski definition) is 1. The summed E-state index contributed by atoms with van der Waals surface area (Å²) >= 11 is 0. The van der Waals surface area contributed by atoms with E-state index in [4.69, 9.17) is 4.65 Å². The topological polar surface area (TPSA) is 42.4 Å². The Labute approximate surface area is 98.1 Å². The van der Waals surface area contributed by atoms with Crippen LogP contribution in [-0.4, -0.2) is 28.8 Å². The van der Waals surface area contributed by atoms with Gasteiger partial charge in [-0.2, -0.15) is 0 Å². The summed E-state index contributed by atoms with van der Waals surface area (Å²) in [6.45, 7) is 9.15. The van der Waals surface area contributed by atoms with Crippen molar-refractivity contribution in [3.05, 3.63) is 24.0 Å². The van der Waals surface area contributed by atoms with Crippen LogP contribution in [0.1, 0.15) is 33.3 Å². The van der Waals surface area contributed by atoms with E-state index in [0.717, 1.165) is 11.0 Å². The van der Waals surface area contributed by atoms with Crippen molar-refractivity contribution in [2.24, 2.45) is 0 Å². The molecule has 0 fully saturated rings. The van der Waals surface area contributed by atoms with Crippen LogP contribution in [-0.2, 0) is 4.65 Å². The first-order valence-corrected chi connectivity index (χ1v) is 5.37. The summed E-state index contributed by atoms with van der Waals surface area (Å²) in [5, 5.41) is 9.92. The van der Waals surface area contributed by atoms with Gasteiger partial charge in [-0.15, -0.1) is 0 Å². The summed E-state index contributed by atoms with van der Waals surface area (Å²) in [4.78, 5) is 4.07. The van der Waals surface area contributed by atoms with Crippen molar-refractivity contribution in [2.75, 3.05) is 0 Å². The fraction of sp³-hybridized carbons (Fsp3) is 0.583. The van der Waals surface area contributed by atoms with Gasteiger partial charge < -0.3 is 9.76 Å². The highest BCUT2D eigenvalue weighted by atomic mass is 16.5. The standard InChI is InChI=1S/C12H19BNO2/c1-9-6-10(8-14-7-9)13-16-12(4,5)11(2,3)15/h6-8,15H,1-5H3. The Hall–Kier alpha value is -0.865. The summed E-state index contributed by atoms with van der Waals surface area (Å²) in [6, 6.07) is 1.98. The van der Waals surface area contributed by atoms with Gasteiger partial charge in [0.25, 0.3) is 0 Å². The molecule has 3 nitrogen and oxygen atoms in total. The van der Waals surface area contributed by atoms with Crippen LogP contribution in [0.2, 0.25) is 0 Å². The van der Waals surface area contributed by atoms with Crippen LogP contribution in [0.5, 0.6) is 0 Å². The highest BCUT2D eigenvalue weighted by Crippen LogP contribution is 2.24. The van der Waals surface area contributed by atoms with Crippen LogP contribution < -0.4 is 5.46 Å². The largest absolute Gasteiger partial charge is 0.427 e. The zero-order valence-corrected chi connectivity index (χ0v) is 10.6. The summed E-state index contributed by atoms with van der Waals surface area (Å²) in [6.07, 6.45) is 3.52. The van der Waals surface area contributed by atoms with Gasteiger partial charge >= 0.3 is 7.48 Å². The monoisotopic (exact) mass is 220 g/mol. The average molecular weight is 220 g/mol. The minimum absolute atomic E-state index is 0.642. The Bertz CT molecular complexity index is 358. The van der Waals surface area contributed by atoms with Crippen LogP contribution in [0.15, 0.2) is 18.5 Å². The molecule has 1 radical (unpaired) electrons. The third-order valence-corrected chi connectivity index (χ3v) is 2.86. The lowest BCUT2D eigenvalue weighted by Crippen LogP contribution is -2.49.